The number of pyridine rings is 1. The molecule has 3 heterocycles. The van der Waals surface area contributed by atoms with Crippen LogP contribution in [0.2, 0.25) is 0 Å². The molecule has 2 amide bonds. The fourth-order valence-corrected chi connectivity index (χ4v) is 6.16. The van der Waals surface area contributed by atoms with Gasteiger partial charge in [-0.05, 0) is 49.1 Å². The Bertz CT molecular complexity index is 1120. The van der Waals surface area contributed by atoms with Crippen LogP contribution in [0.15, 0.2) is 17.5 Å². The number of hydrogen-bond acceptors (Lipinski definition) is 6. The molecule has 150 valence electrons. The average molecular weight is 427 g/mol. The van der Waals surface area contributed by atoms with Gasteiger partial charge in [0.05, 0.1) is 5.69 Å². The third-order valence-electron chi connectivity index (χ3n) is 6.03. The molecule has 1 saturated carbocycles. The predicted octanol–water partition coefficient (Wildman–Crippen LogP) is 3.79. The molecule has 0 radical (unpaired) electrons. The van der Waals surface area contributed by atoms with Crippen LogP contribution >= 0.6 is 22.7 Å². The quantitative estimate of drug-likeness (QED) is 0.576. The summed E-state index contributed by atoms with van der Waals surface area (Å²) >= 11 is 2.89. The molecule has 3 aromatic heterocycles. The minimum Gasteiger partial charge on any atom is -0.397 e. The number of nitrogens with zero attached hydrogens (tertiary/aromatic N) is 1. The van der Waals surface area contributed by atoms with Gasteiger partial charge in [-0.3, -0.25) is 9.59 Å². The molecule has 6 nitrogen and oxygen atoms in total. The number of nitrogens with one attached hydrogen (secondary N) is 1. The molecule has 2 aliphatic rings. The van der Waals surface area contributed by atoms with Gasteiger partial charge in [-0.2, -0.15) is 0 Å². The Morgan fingerprint density at radius 2 is 2.10 bits per heavy atom. The molecular formula is C21H22N4O2S2. The Balaban J connectivity index is 1.60. The molecular weight excluding hydrogens is 404 g/mol. The van der Waals surface area contributed by atoms with Gasteiger partial charge in [0.2, 0.25) is 5.91 Å². The van der Waals surface area contributed by atoms with Crippen LogP contribution in [0, 0.1) is 0 Å². The summed E-state index contributed by atoms with van der Waals surface area (Å²) in [6.45, 7) is 0. The van der Waals surface area contributed by atoms with Gasteiger partial charge in [-0.1, -0.05) is 6.07 Å². The zero-order chi connectivity index (χ0) is 20.1. The molecule has 0 aromatic carbocycles. The van der Waals surface area contributed by atoms with Crippen LogP contribution in [-0.2, 0) is 11.2 Å². The van der Waals surface area contributed by atoms with E-state index < -0.39 is 5.91 Å². The van der Waals surface area contributed by atoms with Gasteiger partial charge in [0.15, 0.2) is 0 Å². The highest BCUT2D eigenvalue weighted by molar-refractivity contribution is 7.21. The maximum absolute atomic E-state index is 12.5. The van der Waals surface area contributed by atoms with E-state index >= 15 is 0 Å². The van der Waals surface area contributed by atoms with Crippen molar-refractivity contribution in [1.82, 2.24) is 10.3 Å². The van der Waals surface area contributed by atoms with E-state index in [4.69, 9.17) is 16.5 Å². The van der Waals surface area contributed by atoms with Gasteiger partial charge in [-0.25, -0.2) is 4.98 Å². The van der Waals surface area contributed by atoms with Gasteiger partial charge in [0.1, 0.15) is 9.71 Å². The molecule has 1 atom stereocenters. The summed E-state index contributed by atoms with van der Waals surface area (Å²) in [5.41, 5.74) is 15.5. The van der Waals surface area contributed by atoms with E-state index in [1.54, 1.807) is 11.3 Å². The summed E-state index contributed by atoms with van der Waals surface area (Å²) in [5.74, 6) is -0.330. The second kappa shape index (κ2) is 7.11. The molecule has 0 bridgehead atoms. The fraction of sp³-hybridized carbons (Fsp3) is 0.381. The third-order valence-corrected chi connectivity index (χ3v) is 8.03. The van der Waals surface area contributed by atoms with Crippen LogP contribution in [0.3, 0.4) is 0 Å². The highest BCUT2D eigenvalue weighted by Gasteiger charge is 2.33. The molecule has 1 unspecified atom stereocenters. The smallest absolute Gasteiger partial charge is 0.260 e. The maximum Gasteiger partial charge on any atom is 0.260 e. The first-order valence-electron chi connectivity index (χ1n) is 9.90. The van der Waals surface area contributed by atoms with Crippen LogP contribution in [0.1, 0.15) is 59.0 Å². The van der Waals surface area contributed by atoms with Crippen LogP contribution in [-0.4, -0.2) is 22.8 Å². The van der Waals surface area contributed by atoms with Gasteiger partial charge >= 0.3 is 0 Å². The molecule has 5 N–H and O–H groups in total. The van der Waals surface area contributed by atoms with E-state index in [1.165, 1.54) is 17.8 Å². The Hall–Kier alpha value is -2.45. The lowest BCUT2D eigenvalue weighted by Crippen LogP contribution is -2.39. The summed E-state index contributed by atoms with van der Waals surface area (Å²) in [5, 5.41) is 5.99. The Kier molecular flexibility index (Phi) is 4.55. The molecule has 2 aliphatic carbocycles. The predicted molar refractivity (Wildman–Crippen MR) is 117 cm³/mol. The Morgan fingerprint density at radius 1 is 1.28 bits per heavy atom. The first kappa shape index (κ1) is 18.6. The molecule has 8 heteroatoms. The normalized spacial score (nSPS) is 18.6. The highest BCUT2D eigenvalue weighted by atomic mass is 32.1. The van der Waals surface area contributed by atoms with Crippen molar-refractivity contribution in [3.05, 3.63) is 33.6 Å². The van der Waals surface area contributed by atoms with E-state index in [1.807, 2.05) is 11.4 Å². The van der Waals surface area contributed by atoms with Gasteiger partial charge in [0.25, 0.3) is 5.91 Å². The molecule has 3 aromatic rings. The minimum atomic E-state index is -0.529. The number of nitrogens with two attached hydrogens (primary N) is 2. The number of hydrogen-bond donors (Lipinski definition) is 3. The topological polar surface area (TPSA) is 111 Å². The number of thiophene rings is 2. The van der Waals surface area contributed by atoms with E-state index in [-0.39, 0.29) is 11.8 Å². The number of fused-ring (bicyclic) bond motifs is 2. The van der Waals surface area contributed by atoms with Crippen LogP contribution in [0.25, 0.3) is 20.7 Å². The van der Waals surface area contributed by atoms with Crippen molar-refractivity contribution >= 4 is 50.4 Å². The molecule has 1 fully saturated rings. The van der Waals surface area contributed by atoms with Crippen molar-refractivity contribution in [3.8, 4) is 10.4 Å². The summed E-state index contributed by atoms with van der Waals surface area (Å²) in [4.78, 5) is 31.5. The molecule has 0 saturated heterocycles. The monoisotopic (exact) mass is 426 g/mol. The fourth-order valence-electron chi connectivity index (χ4n) is 4.39. The summed E-state index contributed by atoms with van der Waals surface area (Å²) in [7, 11) is 0. The van der Waals surface area contributed by atoms with Crippen molar-refractivity contribution in [3.63, 3.8) is 0 Å². The van der Waals surface area contributed by atoms with Gasteiger partial charge in [0, 0.05) is 39.9 Å². The first-order chi connectivity index (χ1) is 14.0. The van der Waals surface area contributed by atoms with Gasteiger partial charge in [-0.15, -0.1) is 22.7 Å². The van der Waals surface area contributed by atoms with Crippen molar-refractivity contribution in [2.45, 2.75) is 50.5 Å². The number of rotatable bonds is 5. The Labute approximate surface area is 176 Å². The van der Waals surface area contributed by atoms with Crippen LogP contribution < -0.4 is 16.8 Å². The van der Waals surface area contributed by atoms with Crippen LogP contribution in [0.5, 0.6) is 0 Å². The van der Waals surface area contributed by atoms with Crippen molar-refractivity contribution in [2.24, 2.45) is 5.73 Å². The van der Waals surface area contributed by atoms with Crippen molar-refractivity contribution in [1.29, 1.82) is 0 Å². The van der Waals surface area contributed by atoms with Gasteiger partial charge < -0.3 is 16.8 Å². The molecule has 0 spiro atoms. The second-order valence-electron chi connectivity index (χ2n) is 7.85. The molecule has 5 rings (SSSR count). The number of anilines is 1. The third kappa shape index (κ3) is 3.11. The standard InChI is InChI=1S/C21H22N4O2S2/c22-17-16-15(13-5-2-8-28-13)12-7-6-10(9-14(26)24-11-3-1-4-11)18(12)25-21(16)29-19(17)20(23)27/h2,5,8,10-11H,1,3-4,6-7,9,22H2,(H2,23,27)(H,24,26). The maximum atomic E-state index is 12.5. The zero-order valence-corrected chi connectivity index (χ0v) is 17.5. The average Bonchev–Trinajstić information content (AvgIpc) is 3.37. The molecule has 0 aliphatic heterocycles. The summed E-state index contributed by atoms with van der Waals surface area (Å²) in [6, 6.07) is 4.42. The number of carbonyl (C=O) groups is 2. The lowest BCUT2D eigenvalue weighted by atomic mass is 9.92. The lowest BCUT2D eigenvalue weighted by Gasteiger charge is -2.27. The van der Waals surface area contributed by atoms with E-state index in [9.17, 15) is 9.59 Å². The number of aromatic nitrogens is 1. The lowest BCUT2D eigenvalue weighted by molar-refractivity contribution is -0.122. The second-order valence-corrected chi connectivity index (χ2v) is 9.80. The van der Waals surface area contributed by atoms with E-state index in [0.29, 0.717) is 23.0 Å². The zero-order valence-electron chi connectivity index (χ0n) is 15.9. The number of primary amides is 1. The largest absolute Gasteiger partial charge is 0.397 e. The number of nitrogen functional groups attached to an aromatic ring is 1. The summed E-state index contributed by atoms with van der Waals surface area (Å²) in [6.07, 6.45) is 5.57. The highest BCUT2D eigenvalue weighted by Crippen LogP contribution is 2.48. The van der Waals surface area contributed by atoms with E-state index in [2.05, 4.69) is 11.4 Å². The summed E-state index contributed by atoms with van der Waals surface area (Å²) < 4.78 is 0. The first-order valence-corrected chi connectivity index (χ1v) is 11.6. The van der Waals surface area contributed by atoms with Crippen LogP contribution in [0.4, 0.5) is 5.69 Å². The van der Waals surface area contributed by atoms with Crippen molar-refractivity contribution < 1.29 is 9.59 Å². The Morgan fingerprint density at radius 3 is 2.76 bits per heavy atom. The SMILES string of the molecule is NC(=O)c1sc2nc3c(c(-c4cccs4)c2c1N)CCC3CC(=O)NC1CCC1. The van der Waals surface area contributed by atoms with Crippen molar-refractivity contribution in [2.75, 3.05) is 5.73 Å². The minimum absolute atomic E-state index is 0.0912. The number of carbonyl (C=O) groups excluding carboxylic acids is 2. The molecule has 29 heavy (non-hydrogen) atoms. The van der Waals surface area contributed by atoms with E-state index in [0.717, 1.165) is 57.6 Å². The number of amides is 2.